The van der Waals surface area contributed by atoms with Crippen LogP contribution in [-0.4, -0.2) is 31.8 Å². The maximum absolute atomic E-state index is 14.1. The fourth-order valence-electron chi connectivity index (χ4n) is 2.95. The molecule has 0 amide bonds. The monoisotopic (exact) mass is 436 g/mol. The number of rotatable bonds is 8. The average molecular weight is 436 g/mol. The first-order valence-corrected chi connectivity index (χ1v) is 10.3. The number of tetrazole rings is 1. The van der Waals surface area contributed by atoms with E-state index in [-0.39, 0.29) is 0 Å². The summed E-state index contributed by atoms with van der Waals surface area (Å²) >= 11 is 0. The topological polar surface area (TPSA) is 77.8 Å². The predicted octanol–water partition coefficient (Wildman–Crippen LogP) is 4.58. The molecule has 2 aromatic heterocycles. The smallest absolute Gasteiger partial charge is 0.207 e. The van der Waals surface area contributed by atoms with Crippen molar-refractivity contribution in [1.82, 2.24) is 25.2 Å². The number of anilines is 2. The van der Waals surface area contributed by atoms with Crippen molar-refractivity contribution in [2.45, 2.75) is 18.9 Å². The van der Waals surface area contributed by atoms with Crippen LogP contribution in [0.25, 0.3) is 11.4 Å². The second-order valence-electron chi connectivity index (χ2n) is 7.07. The Morgan fingerprint density at radius 1 is 1.10 bits per heavy atom. The molecule has 0 radical (unpaired) electrons. The first kappa shape index (κ1) is 20.9. The van der Waals surface area contributed by atoms with Crippen LogP contribution in [-0.2, 0) is 12.0 Å². The second-order valence-corrected chi connectivity index (χ2v) is 8.15. The van der Waals surface area contributed by atoms with Gasteiger partial charge in [0.15, 0.2) is 0 Å². The molecule has 0 spiro atoms. The minimum atomic E-state index is -1.46. The summed E-state index contributed by atoms with van der Waals surface area (Å²) in [7, 11) is 2.20. The van der Waals surface area contributed by atoms with Crippen molar-refractivity contribution < 1.29 is 9.13 Å². The van der Waals surface area contributed by atoms with Crippen LogP contribution in [0.15, 0.2) is 73.1 Å². The van der Waals surface area contributed by atoms with Crippen LogP contribution in [0.1, 0.15) is 12.5 Å². The van der Waals surface area contributed by atoms with Gasteiger partial charge in [-0.3, -0.25) is 4.98 Å². The number of halogens is 1. The van der Waals surface area contributed by atoms with E-state index in [1.54, 1.807) is 24.5 Å². The number of hydrogen-bond donors (Lipinski definition) is 1. The molecule has 0 saturated heterocycles. The number of benzene rings is 2. The summed E-state index contributed by atoms with van der Waals surface area (Å²) < 4.78 is 19.7. The van der Waals surface area contributed by atoms with Crippen molar-refractivity contribution >= 4 is 20.6 Å². The van der Waals surface area contributed by atoms with E-state index in [4.69, 9.17) is 4.74 Å². The van der Waals surface area contributed by atoms with Crippen molar-refractivity contribution in [3.63, 3.8) is 0 Å². The van der Waals surface area contributed by atoms with Gasteiger partial charge in [0, 0.05) is 23.1 Å². The zero-order chi connectivity index (χ0) is 21.7. The molecule has 4 aromatic rings. The van der Waals surface area contributed by atoms with Crippen LogP contribution < -0.4 is 10.1 Å². The lowest BCUT2D eigenvalue weighted by atomic mass is 10.1. The number of hydrogen-bond acceptors (Lipinski definition) is 6. The minimum absolute atomic E-state index is 0.400. The van der Waals surface area contributed by atoms with Gasteiger partial charge in [-0.1, -0.05) is 33.5 Å². The molecule has 1 N–H and O–H groups in total. The van der Waals surface area contributed by atoms with Crippen LogP contribution >= 0.6 is 9.24 Å². The molecule has 0 aliphatic heterocycles. The van der Waals surface area contributed by atoms with E-state index < -0.39 is 5.41 Å². The lowest BCUT2D eigenvalue weighted by Crippen LogP contribution is -2.11. The Morgan fingerprint density at radius 3 is 2.65 bits per heavy atom. The lowest BCUT2D eigenvalue weighted by Gasteiger charge is -2.15. The van der Waals surface area contributed by atoms with E-state index in [0.29, 0.717) is 30.3 Å². The molecule has 0 bridgehead atoms. The Bertz CT molecular complexity index is 1130. The highest BCUT2D eigenvalue weighted by atomic mass is 31.0. The summed E-state index contributed by atoms with van der Waals surface area (Å²) in [4.78, 5) is 5.51. The SMILES string of the molecule is CC(F)(P)c1ccc(Nc2ccccc2-c2nnn(CCOc3cccnc3)n2)cc1. The highest BCUT2D eigenvalue weighted by Crippen LogP contribution is 2.34. The van der Waals surface area contributed by atoms with E-state index >= 15 is 0 Å². The van der Waals surface area contributed by atoms with Crippen LogP contribution in [0, 0.1) is 0 Å². The molecule has 31 heavy (non-hydrogen) atoms. The van der Waals surface area contributed by atoms with Crippen molar-refractivity contribution in [3.8, 4) is 17.1 Å². The molecule has 2 atom stereocenters. The molecule has 0 fully saturated rings. The van der Waals surface area contributed by atoms with Crippen LogP contribution in [0.2, 0.25) is 0 Å². The van der Waals surface area contributed by atoms with Gasteiger partial charge in [0.1, 0.15) is 17.8 Å². The lowest BCUT2D eigenvalue weighted by molar-refractivity contribution is 0.279. The Morgan fingerprint density at radius 2 is 1.90 bits per heavy atom. The Balaban J connectivity index is 1.45. The highest BCUT2D eigenvalue weighted by molar-refractivity contribution is 7.18. The van der Waals surface area contributed by atoms with E-state index in [1.165, 1.54) is 11.7 Å². The third kappa shape index (κ3) is 5.41. The molecule has 7 nitrogen and oxygen atoms in total. The zero-order valence-corrected chi connectivity index (χ0v) is 18.1. The third-order valence-corrected chi connectivity index (χ3v) is 4.88. The standard InChI is InChI=1S/C22H22FN6OP/c1-22(23,31)16-8-10-17(11-9-16)25-20-7-3-2-6-19(20)21-26-28-29(27-21)13-14-30-18-5-4-12-24-15-18/h2-12,15,25H,13-14,31H2,1H3. The normalized spacial score (nSPS) is 12.9. The third-order valence-electron chi connectivity index (χ3n) is 4.54. The van der Waals surface area contributed by atoms with Crippen molar-refractivity contribution in [1.29, 1.82) is 0 Å². The maximum atomic E-state index is 14.1. The summed E-state index contributed by atoms with van der Waals surface area (Å²) in [5, 5.41) is 14.7. The van der Waals surface area contributed by atoms with Crippen molar-refractivity contribution in [2.24, 2.45) is 0 Å². The number of aromatic nitrogens is 5. The van der Waals surface area contributed by atoms with Crippen molar-refractivity contribution in [3.05, 3.63) is 78.6 Å². The number of nitrogens with zero attached hydrogens (tertiary/aromatic N) is 5. The van der Waals surface area contributed by atoms with Gasteiger partial charge in [-0.2, -0.15) is 4.80 Å². The maximum Gasteiger partial charge on any atom is 0.207 e. The van der Waals surface area contributed by atoms with Gasteiger partial charge in [0.2, 0.25) is 5.82 Å². The number of ether oxygens (including phenoxy) is 1. The second kappa shape index (κ2) is 9.18. The van der Waals surface area contributed by atoms with Crippen LogP contribution in [0.3, 0.4) is 0 Å². The molecule has 2 heterocycles. The first-order chi connectivity index (χ1) is 15.0. The first-order valence-electron chi connectivity index (χ1n) is 9.74. The average Bonchev–Trinajstić information content (AvgIpc) is 3.23. The molecule has 2 unspecified atom stereocenters. The number of nitrogens with one attached hydrogen (secondary N) is 1. The van der Waals surface area contributed by atoms with Gasteiger partial charge in [-0.05, 0) is 54.1 Å². The van der Waals surface area contributed by atoms with Gasteiger partial charge >= 0.3 is 0 Å². The van der Waals surface area contributed by atoms with Crippen LogP contribution in [0.5, 0.6) is 5.75 Å². The quantitative estimate of drug-likeness (QED) is 0.408. The highest BCUT2D eigenvalue weighted by Gasteiger charge is 2.18. The number of alkyl halides is 1. The molecular weight excluding hydrogens is 414 g/mol. The summed E-state index contributed by atoms with van der Waals surface area (Å²) in [6.45, 7) is 2.36. The minimum Gasteiger partial charge on any atom is -0.490 e. The number of para-hydroxylation sites is 1. The molecule has 0 saturated carbocycles. The van der Waals surface area contributed by atoms with E-state index in [0.717, 1.165) is 16.9 Å². The Hall–Kier alpha value is -3.38. The van der Waals surface area contributed by atoms with Crippen LogP contribution in [0.4, 0.5) is 15.8 Å². The van der Waals surface area contributed by atoms with Gasteiger partial charge < -0.3 is 10.1 Å². The fourth-order valence-corrected chi connectivity index (χ4v) is 3.14. The summed E-state index contributed by atoms with van der Waals surface area (Å²) in [5.41, 5.74) is 3.07. The molecule has 158 valence electrons. The predicted molar refractivity (Wildman–Crippen MR) is 121 cm³/mol. The summed E-state index contributed by atoms with van der Waals surface area (Å²) in [5.74, 6) is 1.19. The summed E-state index contributed by atoms with van der Waals surface area (Å²) in [6.07, 6.45) is 3.35. The van der Waals surface area contributed by atoms with Gasteiger partial charge in [0.05, 0.1) is 12.7 Å². The summed E-state index contributed by atoms with van der Waals surface area (Å²) in [6, 6.07) is 18.6. The van der Waals surface area contributed by atoms with Gasteiger partial charge in [-0.15, -0.1) is 10.2 Å². The molecule has 0 aliphatic carbocycles. The Kier molecular flexibility index (Phi) is 6.18. The van der Waals surface area contributed by atoms with Gasteiger partial charge in [-0.25, -0.2) is 4.39 Å². The molecule has 9 heteroatoms. The van der Waals surface area contributed by atoms with E-state index in [2.05, 4.69) is 35.0 Å². The molecule has 4 rings (SSSR count). The largest absolute Gasteiger partial charge is 0.490 e. The van der Waals surface area contributed by atoms with Crippen molar-refractivity contribution in [2.75, 3.05) is 11.9 Å². The molecule has 0 aliphatic rings. The zero-order valence-electron chi connectivity index (χ0n) is 16.9. The Labute approximate surface area is 181 Å². The molecular formula is C22H22FN6OP. The number of pyridine rings is 1. The van der Waals surface area contributed by atoms with E-state index in [1.807, 2.05) is 48.5 Å². The fraction of sp³-hybridized carbons (Fsp3) is 0.182. The van der Waals surface area contributed by atoms with Gasteiger partial charge in [0.25, 0.3) is 0 Å². The molecule has 2 aromatic carbocycles. The van der Waals surface area contributed by atoms with E-state index in [9.17, 15) is 4.39 Å².